The summed E-state index contributed by atoms with van der Waals surface area (Å²) in [6.45, 7) is 17.9. The monoisotopic (exact) mass is 236 g/mol. The van der Waals surface area contributed by atoms with E-state index in [2.05, 4.69) is 60.4 Å². The molecule has 0 aliphatic heterocycles. The minimum Gasteiger partial charge on any atom is -0.345 e. The summed E-state index contributed by atoms with van der Waals surface area (Å²) in [6.07, 6.45) is 1.11. The van der Waals surface area contributed by atoms with E-state index in [0.29, 0.717) is 5.92 Å². The number of nitrogens with one attached hydrogen (secondary N) is 1. The number of aromatic nitrogens is 2. The van der Waals surface area contributed by atoms with Gasteiger partial charge in [0.15, 0.2) is 0 Å². The Balaban J connectivity index is 3.37. The topological polar surface area (TPSA) is 28.7 Å². The fourth-order valence-corrected chi connectivity index (χ4v) is 1.86. The summed E-state index contributed by atoms with van der Waals surface area (Å²) in [5, 5.41) is 0. The fourth-order valence-electron chi connectivity index (χ4n) is 1.86. The average molecular weight is 236 g/mol. The maximum absolute atomic E-state index is 4.86. The molecule has 1 N–H and O–H groups in total. The van der Waals surface area contributed by atoms with Crippen LogP contribution in [0.2, 0.25) is 0 Å². The van der Waals surface area contributed by atoms with Crippen molar-refractivity contribution >= 4 is 0 Å². The maximum Gasteiger partial charge on any atom is 0.109 e. The quantitative estimate of drug-likeness (QED) is 0.821. The number of rotatable bonds is 3. The van der Waals surface area contributed by atoms with Gasteiger partial charge in [-0.15, -0.1) is 0 Å². The Labute approximate surface area is 106 Å². The molecule has 0 fully saturated rings. The van der Waals surface area contributed by atoms with E-state index in [9.17, 15) is 0 Å². The zero-order chi connectivity index (χ0) is 13.4. The first-order valence-corrected chi connectivity index (χ1v) is 6.70. The Kier molecular flexibility index (Phi) is 3.75. The van der Waals surface area contributed by atoms with Crippen LogP contribution < -0.4 is 0 Å². The zero-order valence-corrected chi connectivity index (χ0v) is 12.7. The smallest absolute Gasteiger partial charge is 0.109 e. The molecule has 0 saturated carbocycles. The van der Waals surface area contributed by atoms with Crippen LogP contribution in [-0.4, -0.2) is 9.97 Å². The normalized spacial score (nSPS) is 13.5. The molecule has 0 spiro atoms. The minimum absolute atomic E-state index is 0.127. The van der Waals surface area contributed by atoms with Crippen LogP contribution in [0.25, 0.3) is 0 Å². The van der Waals surface area contributed by atoms with Gasteiger partial charge in [0, 0.05) is 22.4 Å². The third-order valence-corrected chi connectivity index (χ3v) is 3.54. The Hall–Kier alpha value is -0.790. The largest absolute Gasteiger partial charge is 0.345 e. The van der Waals surface area contributed by atoms with Gasteiger partial charge in [-0.05, 0) is 6.42 Å². The molecule has 0 bridgehead atoms. The predicted molar refractivity (Wildman–Crippen MR) is 74.7 cm³/mol. The minimum atomic E-state index is 0.127. The molecule has 1 heterocycles. The molecule has 0 unspecified atom stereocenters. The summed E-state index contributed by atoms with van der Waals surface area (Å²) in [7, 11) is 0. The van der Waals surface area contributed by atoms with Gasteiger partial charge in [-0.1, -0.05) is 55.4 Å². The highest BCUT2D eigenvalue weighted by molar-refractivity contribution is 5.29. The summed E-state index contributed by atoms with van der Waals surface area (Å²) < 4.78 is 0. The lowest BCUT2D eigenvalue weighted by atomic mass is 9.79. The van der Waals surface area contributed by atoms with E-state index in [1.165, 1.54) is 11.4 Å². The van der Waals surface area contributed by atoms with Gasteiger partial charge >= 0.3 is 0 Å². The molecule has 0 saturated heterocycles. The standard InChI is InChI=1S/C15H28N2/c1-9-15(7,8)12-11(14(4,5)6)16-13(17-12)10(2)3/h10H,9H2,1-8H3,(H,16,17). The number of imidazole rings is 1. The van der Waals surface area contributed by atoms with E-state index >= 15 is 0 Å². The second kappa shape index (κ2) is 4.47. The lowest BCUT2D eigenvalue weighted by Crippen LogP contribution is -2.23. The highest BCUT2D eigenvalue weighted by Crippen LogP contribution is 2.35. The molecular weight excluding hydrogens is 208 g/mol. The summed E-state index contributed by atoms with van der Waals surface area (Å²) >= 11 is 0. The Morgan fingerprint density at radius 3 is 2.00 bits per heavy atom. The first-order valence-electron chi connectivity index (χ1n) is 6.70. The van der Waals surface area contributed by atoms with E-state index < -0.39 is 0 Å². The van der Waals surface area contributed by atoms with Crippen molar-refractivity contribution in [2.75, 3.05) is 0 Å². The van der Waals surface area contributed by atoms with Crippen molar-refractivity contribution in [3.05, 3.63) is 17.2 Å². The molecule has 17 heavy (non-hydrogen) atoms. The van der Waals surface area contributed by atoms with Crippen LogP contribution in [0, 0.1) is 0 Å². The Bertz CT molecular complexity index is 378. The molecule has 0 atom stereocenters. The molecule has 1 aromatic rings. The summed E-state index contributed by atoms with van der Waals surface area (Å²) in [6, 6.07) is 0. The lowest BCUT2D eigenvalue weighted by Gasteiger charge is -2.27. The van der Waals surface area contributed by atoms with Crippen molar-refractivity contribution in [1.29, 1.82) is 0 Å². The molecule has 2 heteroatoms. The molecule has 1 rings (SSSR count). The zero-order valence-electron chi connectivity index (χ0n) is 12.7. The van der Waals surface area contributed by atoms with Crippen molar-refractivity contribution < 1.29 is 0 Å². The highest BCUT2D eigenvalue weighted by Gasteiger charge is 2.31. The van der Waals surface area contributed by atoms with Crippen molar-refractivity contribution in [3.63, 3.8) is 0 Å². The van der Waals surface area contributed by atoms with Crippen LogP contribution in [0.3, 0.4) is 0 Å². The van der Waals surface area contributed by atoms with E-state index in [0.717, 1.165) is 12.2 Å². The van der Waals surface area contributed by atoms with Gasteiger partial charge in [-0.25, -0.2) is 4.98 Å². The van der Waals surface area contributed by atoms with Crippen LogP contribution in [0.1, 0.15) is 84.9 Å². The van der Waals surface area contributed by atoms with E-state index in [1.54, 1.807) is 0 Å². The molecule has 2 nitrogen and oxygen atoms in total. The molecule has 0 amide bonds. The van der Waals surface area contributed by atoms with Gasteiger partial charge in [0.2, 0.25) is 0 Å². The van der Waals surface area contributed by atoms with Gasteiger partial charge in [0.1, 0.15) is 5.82 Å². The van der Waals surface area contributed by atoms with E-state index in [-0.39, 0.29) is 10.8 Å². The number of hydrogen-bond acceptors (Lipinski definition) is 1. The molecule has 1 aromatic heterocycles. The highest BCUT2D eigenvalue weighted by atomic mass is 15.0. The Morgan fingerprint density at radius 2 is 1.65 bits per heavy atom. The van der Waals surface area contributed by atoms with Crippen LogP contribution >= 0.6 is 0 Å². The van der Waals surface area contributed by atoms with Crippen LogP contribution in [0.5, 0.6) is 0 Å². The van der Waals surface area contributed by atoms with Crippen LogP contribution in [-0.2, 0) is 10.8 Å². The van der Waals surface area contributed by atoms with Gasteiger partial charge < -0.3 is 4.98 Å². The van der Waals surface area contributed by atoms with E-state index in [4.69, 9.17) is 4.98 Å². The Morgan fingerprint density at radius 1 is 1.12 bits per heavy atom. The molecule has 98 valence electrons. The predicted octanol–water partition coefficient (Wildman–Crippen LogP) is 4.52. The number of nitrogens with zero attached hydrogens (tertiary/aromatic N) is 1. The van der Waals surface area contributed by atoms with Gasteiger partial charge in [0.25, 0.3) is 0 Å². The summed E-state index contributed by atoms with van der Waals surface area (Å²) in [4.78, 5) is 8.41. The molecular formula is C15H28N2. The molecule has 0 radical (unpaired) electrons. The second-order valence-corrected chi connectivity index (χ2v) is 6.99. The summed E-state index contributed by atoms with van der Waals surface area (Å²) in [5.74, 6) is 1.57. The van der Waals surface area contributed by atoms with Gasteiger partial charge in [-0.3, -0.25) is 0 Å². The lowest BCUT2D eigenvalue weighted by molar-refractivity contribution is 0.464. The number of H-pyrrole nitrogens is 1. The third-order valence-electron chi connectivity index (χ3n) is 3.54. The second-order valence-electron chi connectivity index (χ2n) is 6.99. The third kappa shape index (κ3) is 2.91. The number of aromatic amines is 1. The molecule has 0 aliphatic rings. The number of hydrogen-bond donors (Lipinski definition) is 1. The molecule has 0 aliphatic carbocycles. The van der Waals surface area contributed by atoms with Gasteiger partial charge in [-0.2, -0.15) is 0 Å². The van der Waals surface area contributed by atoms with Crippen LogP contribution in [0.15, 0.2) is 0 Å². The van der Waals surface area contributed by atoms with Crippen molar-refractivity contribution in [1.82, 2.24) is 9.97 Å². The fraction of sp³-hybridized carbons (Fsp3) is 0.800. The first kappa shape index (κ1) is 14.3. The summed E-state index contributed by atoms with van der Waals surface area (Å²) in [5.41, 5.74) is 2.82. The average Bonchev–Trinajstić information content (AvgIpc) is 2.62. The van der Waals surface area contributed by atoms with E-state index in [1.807, 2.05) is 0 Å². The van der Waals surface area contributed by atoms with Crippen molar-refractivity contribution in [2.45, 2.75) is 78.6 Å². The van der Waals surface area contributed by atoms with Gasteiger partial charge in [0.05, 0.1) is 5.69 Å². The van der Waals surface area contributed by atoms with Crippen LogP contribution in [0.4, 0.5) is 0 Å². The molecule has 0 aromatic carbocycles. The maximum atomic E-state index is 4.86. The van der Waals surface area contributed by atoms with Crippen molar-refractivity contribution in [3.8, 4) is 0 Å². The first-order chi connectivity index (χ1) is 7.59. The van der Waals surface area contributed by atoms with Crippen molar-refractivity contribution in [2.24, 2.45) is 0 Å². The SMILES string of the molecule is CCC(C)(C)c1nc(C(C)C)[nH]c1C(C)(C)C.